The zero-order valence-electron chi connectivity index (χ0n) is 11.6. The fourth-order valence-corrected chi connectivity index (χ4v) is 3.72. The van der Waals surface area contributed by atoms with Crippen molar-refractivity contribution in [3.05, 3.63) is 23.8 Å². The lowest BCUT2D eigenvalue weighted by atomic mass is 10.2. The van der Waals surface area contributed by atoms with Crippen molar-refractivity contribution < 1.29 is 13.5 Å². The fourth-order valence-electron chi connectivity index (χ4n) is 2.26. The van der Waals surface area contributed by atoms with Crippen LogP contribution in [0.4, 0.5) is 5.69 Å². The third-order valence-electron chi connectivity index (χ3n) is 3.64. The highest BCUT2D eigenvalue weighted by atomic mass is 32.2. The van der Waals surface area contributed by atoms with Gasteiger partial charge in [0.15, 0.2) is 0 Å². The van der Waals surface area contributed by atoms with Crippen molar-refractivity contribution >= 4 is 15.7 Å². The molecule has 6 nitrogen and oxygen atoms in total. The number of anilines is 1. The molecule has 1 aromatic rings. The van der Waals surface area contributed by atoms with Gasteiger partial charge in [-0.05, 0) is 24.6 Å². The Morgan fingerprint density at radius 2 is 1.90 bits per heavy atom. The normalized spacial score (nSPS) is 18.3. The maximum absolute atomic E-state index is 12.5. The van der Waals surface area contributed by atoms with Crippen molar-refractivity contribution in [1.29, 1.82) is 0 Å². The zero-order valence-corrected chi connectivity index (χ0v) is 12.4. The van der Waals surface area contributed by atoms with Crippen LogP contribution < -0.4 is 5.73 Å². The first-order valence-electron chi connectivity index (χ1n) is 6.64. The summed E-state index contributed by atoms with van der Waals surface area (Å²) in [6, 6.07) is 4.84. The van der Waals surface area contributed by atoms with Crippen molar-refractivity contribution in [2.75, 3.05) is 45.1 Å². The number of benzene rings is 1. The summed E-state index contributed by atoms with van der Waals surface area (Å²) in [6.45, 7) is 4.69. The lowest BCUT2D eigenvalue weighted by molar-refractivity contribution is 0.151. The number of nitrogens with zero attached hydrogens (tertiary/aromatic N) is 2. The molecule has 3 N–H and O–H groups in total. The summed E-state index contributed by atoms with van der Waals surface area (Å²) in [5, 5.41) is 8.89. The van der Waals surface area contributed by atoms with Gasteiger partial charge in [-0.2, -0.15) is 4.31 Å². The van der Waals surface area contributed by atoms with E-state index in [1.807, 2.05) is 6.92 Å². The van der Waals surface area contributed by atoms with Gasteiger partial charge in [0.25, 0.3) is 0 Å². The van der Waals surface area contributed by atoms with Crippen LogP contribution in [0.1, 0.15) is 5.56 Å². The molecule has 20 heavy (non-hydrogen) atoms. The summed E-state index contributed by atoms with van der Waals surface area (Å²) in [4.78, 5) is 2.30. The minimum Gasteiger partial charge on any atom is -0.398 e. The van der Waals surface area contributed by atoms with Crippen molar-refractivity contribution in [2.24, 2.45) is 0 Å². The standard InChI is InChI=1S/C13H21N3O3S/c1-11-2-3-12(10-13(11)14)20(18,19)16-6-4-15(5-7-16)8-9-17/h2-3,10,17H,4-9,14H2,1H3. The fraction of sp³-hybridized carbons (Fsp3) is 0.538. The molecule has 1 aromatic carbocycles. The Hall–Kier alpha value is -1.15. The van der Waals surface area contributed by atoms with Gasteiger partial charge in [0, 0.05) is 38.4 Å². The van der Waals surface area contributed by atoms with Crippen LogP contribution in [-0.2, 0) is 10.0 Å². The minimum absolute atomic E-state index is 0.0985. The van der Waals surface area contributed by atoms with E-state index in [9.17, 15) is 8.42 Å². The van der Waals surface area contributed by atoms with Gasteiger partial charge in [-0.3, -0.25) is 4.90 Å². The van der Waals surface area contributed by atoms with Gasteiger partial charge in [-0.25, -0.2) is 8.42 Å². The van der Waals surface area contributed by atoms with Crippen LogP contribution >= 0.6 is 0 Å². The maximum atomic E-state index is 12.5. The molecule has 0 bridgehead atoms. The van der Waals surface area contributed by atoms with E-state index in [1.165, 1.54) is 10.4 Å². The number of aliphatic hydroxyl groups is 1. The predicted molar refractivity (Wildman–Crippen MR) is 77.9 cm³/mol. The van der Waals surface area contributed by atoms with Crippen LogP contribution in [0.2, 0.25) is 0 Å². The lowest BCUT2D eigenvalue weighted by Crippen LogP contribution is -2.49. The van der Waals surface area contributed by atoms with Gasteiger partial charge in [0.2, 0.25) is 10.0 Å². The summed E-state index contributed by atoms with van der Waals surface area (Å²) in [6.07, 6.45) is 0. The van der Waals surface area contributed by atoms with Gasteiger partial charge < -0.3 is 10.8 Å². The molecule has 0 radical (unpaired) electrons. The van der Waals surface area contributed by atoms with E-state index >= 15 is 0 Å². The number of hydrogen-bond acceptors (Lipinski definition) is 5. The van der Waals surface area contributed by atoms with Crippen LogP contribution in [0.25, 0.3) is 0 Å². The van der Waals surface area contributed by atoms with E-state index in [1.54, 1.807) is 12.1 Å². The van der Waals surface area contributed by atoms with Crippen molar-refractivity contribution in [1.82, 2.24) is 9.21 Å². The second kappa shape index (κ2) is 6.09. The van der Waals surface area contributed by atoms with Crippen molar-refractivity contribution in [3.8, 4) is 0 Å². The number of nitrogens with two attached hydrogens (primary N) is 1. The smallest absolute Gasteiger partial charge is 0.243 e. The molecule has 1 aliphatic rings. The third kappa shape index (κ3) is 3.12. The number of piperazine rings is 1. The zero-order chi connectivity index (χ0) is 14.8. The number of β-amino-alcohol motifs (C(OH)–C–C–N with tert-alkyl or cyclic N) is 1. The Morgan fingerprint density at radius 3 is 2.45 bits per heavy atom. The van der Waals surface area contributed by atoms with Gasteiger partial charge in [0.1, 0.15) is 0 Å². The Labute approximate surface area is 119 Å². The third-order valence-corrected chi connectivity index (χ3v) is 5.53. The van der Waals surface area contributed by atoms with E-state index in [-0.39, 0.29) is 11.5 Å². The number of nitrogen functional groups attached to an aromatic ring is 1. The average Bonchev–Trinajstić information content (AvgIpc) is 2.43. The largest absolute Gasteiger partial charge is 0.398 e. The Bertz CT molecular complexity index is 566. The molecule has 2 rings (SSSR count). The van der Waals surface area contributed by atoms with Crippen molar-refractivity contribution in [3.63, 3.8) is 0 Å². The number of aliphatic hydroxyl groups excluding tert-OH is 1. The van der Waals surface area contributed by atoms with Crippen LogP contribution in [0.15, 0.2) is 23.1 Å². The van der Waals surface area contributed by atoms with Crippen LogP contribution in [0.5, 0.6) is 0 Å². The number of rotatable bonds is 4. The van der Waals surface area contributed by atoms with Gasteiger partial charge in [-0.1, -0.05) is 6.07 Å². The highest BCUT2D eigenvalue weighted by molar-refractivity contribution is 7.89. The van der Waals surface area contributed by atoms with E-state index in [4.69, 9.17) is 10.8 Å². The molecule has 7 heteroatoms. The number of hydrogen-bond donors (Lipinski definition) is 2. The number of aryl methyl sites for hydroxylation is 1. The molecule has 0 atom stereocenters. The van der Waals surface area contributed by atoms with Crippen LogP contribution in [-0.4, -0.2) is 62.1 Å². The van der Waals surface area contributed by atoms with Gasteiger partial charge in [0.05, 0.1) is 11.5 Å². The minimum atomic E-state index is -3.48. The Balaban J connectivity index is 2.13. The molecule has 1 fully saturated rings. The molecule has 112 valence electrons. The molecule has 0 aliphatic carbocycles. The van der Waals surface area contributed by atoms with Gasteiger partial charge in [-0.15, -0.1) is 0 Å². The average molecular weight is 299 g/mol. The summed E-state index contributed by atoms with van der Waals surface area (Å²) in [5.74, 6) is 0. The Morgan fingerprint density at radius 1 is 1.25 bits per heavy atom. The molecule has 1 heterocycles. The molecule has 0 saturated carbocycles. The summed E-state index contributed by atoms with van der Waals surface area (Å²) in [7, 11) is -3.48. The summed E-state index contributed by atoms with van der Waals surface area (Å²) < 4.78 is 26.5. The first kappa shape index (κ1) is 15.2. The Kier molecular flexibility index (Phi) is 4.64. The first-order valence-corrected chi connectivity index (χ1v) is 8.08. The molecular weight excluding hydrogens is 278 g/mol. The molecule has 0 unspecified atom stereocenters. The van der Waals surface area contributed by atoms with Crippen LogP contribution in [0, 0.1) is 6.92 Å². The molecule has 0 aromatic heterocycles. The maximum Gasteiger partial charge on any atom is 0.243 e. The number of sulfonamides is 1. The van der Waals surface area contributed by atoms with Crippen molar-refractivity contribution in [2.45, 2.75) is 11.8 Å². The second-order valence-corrected chi connectivity index (χ2v) is 6.93. The van der Waals surface area contributed by atoms with E-state index in [0.29, 0.717) is 38.4 Å². The molecule has 1 saturated heterocycles. The molecular formula is C13H21N3O3S. The summed E-state index contributed by atoms with van der Waals surface area (Å²) >= 11 is 0. The van der Waals surface area contributed by atoms with Crippen LogP contribution in [0.3, 0.4) is 0 Å². The predicted octanol–water partition coefficient (Wildman–Crippen LogP) is -0.124. The second-order valence-electron chi connectivity index (χ2n) is 4.99. The monoisotopic (exact) mass is 299 g/mol. The molecule has 0 spiro atoms. The van der Waals surface area contributed by atoms with E-state index < -0.39 is 10.0 Å². The lowest BCUT2D eigenvalue weighted by Gasteiger charge is -2.33. The summed E-state index contributed by atoms with van der Waals surface area (Å²) in [5.41, 5.74) is 7.15. The molecule has 1 aliphatic heterocycles. The molecule has 0 amide bonds. The van der Waals surface area contributed by atoms with Gasteiger partial charge >= 0.3 is 0 Å². The highest BCUT2D eigenvalue weighted by Gasteiger charge is 2.28. The highest BCUT2D eigenvalue weighted by Crippen LogP contribution is 2.21. The topological polar surface area (TPSA) is 86.9 Å². The first-order chi connectivity index (χ1) is 9.45. The quantitative estimate of drug-likeness (QED) is 0.757. The van der Waals surface area contributed by atoms with E-state index in [2.05, 4.69) is 4.90 Å². The SMILES string of the molecule is Cc1ccc(S(=O)(=O)N2CCN(CCO)CC2)cc1N. The van der Waals surface area contributed by atoms with E-state index in [0.717, 1.165) is 5.56 Å².